The molecule has 0 aliphatic carbocycles. The smallest absolute Gasteiger partial charge is 0.263 e. The van der Waals surface area contributed by atoms with Crippen molar-refractivity contribution in [3.63, 3.8) is 0 Å². The molecule has 2 atom stereocenters. The molecule has 0 bridgehead atoms. The Kier molecular flexibility index (Phi) is 6.25. The molecule has 160 valence electrons. The Balaban J connectivity index is 1.51. The zero-order chi connectivity index (χ0) is 21.3. The molecule has 1 aliphatic heterocycles. The van der Waals surface area contributed by atoms with Crippen molar-refractivity contribution in [1.82, 2.24) is 19.8 Å². The molecule has 0 unspecified atom stereocenters. The molecule has 3 aromatic rings. The molecular formula is C24H32N4OS. The van der Waals surface area contributed by atoms with Crippen molar-refractivity contribution in [2.45, 2.75) is 65.5 Å². The van der Waals surface area contributed by atoms with E-state index < -0.39 is 0 Å². The fourth-order valence-corrected chi connectivity index (χ4v) is 5.98. The van der Waals surface area contributed by atoms with Crippen LogP contribution in [0.15, 0.2) is 30.6 Å². The Morgan fingerprint density at radius 3 is 2.60 bits per heavy atom. The summed E-state index contributed by atoms with van der Waals surface area (Å²) in [5.41, 5.74) is 3.09. The molecule has 4 heterocycles. The van der Waals surface area contributed by atoms with Crippen molar-refractivity contribution < 1.29 is 4.79 Å². The van der Waals surface area contributed by atoms with Crippen molar-refractivity contribution >= 4 is 27.5 Å². The van der Waals surface area contributed by atoms with Crippen LogP contribution in [0.25, 0.3) is 15.9 Å². The van der Waals surface area contributed by atoms with Crippen molar-refractivity contribution in [2.75, 3.05) is 13.1 Å². The van der Waals surface area contributed by atoms with Crippen LogP contribution >= 0.6 is 11.3 Å². The number of carbonyl (C=O) groups excluding carboxylic acids is 1. The number of hydrogen-bond donors (Lipinski definition) is 1. The van der Waals surface area contributed by atoms with Crippen LogP contribution in [0.2, 0.25) is 0 Å². The molecule has 30 heavy (non-hydrogen) atoms. The average molecular weight is 425 g/mol. The monoisotopic (exact) mass is 424 g/mol. The highest BCUT2D eigenvalue weighted by Gasteiger charge is 2.25. The van der Waals surface area contributed by atoms with E-state index in [1.807, 2.05) is 36.0 Å². The maximum atomic E-state index is 13.2. The molecule has 1 aliphatic rings. The highest BCUT2D eigenvalue weighted by Crippen LogP contribution is 2.35. The summed E-state index contributed by atoms with van der Waals surface area (Å²) in [6, 6.07) is 7.35. The highest BCUT2D eigenvalue weighted by atomic mass is 32.1. The number of pyridine rings is 1. The van der Waals surface area contributed by atoms with E-state index in [4.69, 9.17) is 4.98 Å². The Morgan fingerprint density at radius 2 is 1.90 bits per heavy atom. The fraction of sp³-hybridized carbons (Fsp3) is 0.500. The Morgan fingerprint density at radius 1 is 1.20 bits per heavy atom. The van der Waals surface area contributed by atoms with Gasteiger partial charge in [0.2, 0.25) is 0 Å². The van der Waals surface area contributed by atoms with Gasteiger partial charge in [0.15, 0.2) is 0 Å². The minimum Gasteiger partial charge on any atom is -0.351 e. The van der Waals surface area contributed by atoms with Gasteiger partial charge in [0, 0.05) is 48.6 Å². The number of nitrogens with one attached hydrogen (secondary N) is 1. The van der Waals surface area contributed by atoms with E-state index in [-0.39, 0.29) is 5.91 Å². The third kappa shape index (κ3) is 4.16. The zero-order valence-electron chi connectivity index (χ0n) is 18.4. The van der Waals surface area contributed by atoms with Gasteiger partial charge in [-0.25, -0.2) is 4.98 Å². The lowest BCUT2D eigenvalue weighted by atomic mass is 9.97. The first kappa shape index (κ1) is 21.1. The summed E-state index contributed by atoms with van der Waals surface area (Å²) in [6.45, 7) is 10.5. The van der Waals surface area contributed by atoms with E-state index in [1.165, 1.54) is 30.6 Å². The molecule has 1 amide bonds. The van der Waals surface area contributed by atoms with Crippen molar-refractivity contribution in [2.24, 2.45) is 0 Å². The number of rotatable bonds is 6. The van der Waals surface area contributed by atoms with Gasteiger partial charge in [-0.3, -0.25) is 9.69 Å². The maximum Gasteiger partial charge on any atom is 0.263 e. The number of fused-ring (bicyclic) bond motifs is 1. The highest BCUT2D eigenvalue weighted by molar-refractivity contribution is 7.21. The van der Waals surface area contributed by atoms with Gasteiger partial charge in [0.1, 0.15) is 9.71 Å². The Labute approximate surface area is 183 Å². The normalized spacial score (nSPS) is 20.0. The van der Waals surface area contributed by atoms with Gasteiger partial charge in [-0.05, 0) is 70.7 Å². The third-order valence-electron chi connectivity index (χ3n) is 6.29. The van der Waals surface area contributed by atoms with Gasteiger partial charge >= 0.3 is 0 Å². The molecule has 1 fully saturated rings. The second kappa shape index (κ2) is 8.90. The number of nitrogens with zero attached hydrogens (tertiary/aromatic N) is 3. The lowest BCUT2D eigenvalue weighted by molar-refractivity contribution is 0.0929. The van der Waals surface area contributed by atoms with E-state index in [0.717, 1.165) is 45.0 Å². The predicted octanol–water partition coefficient (Wildman–Crippen LogP) is 5.09. The van der Waals surface area contributed by atoms with Gasteiger partial charge in [-0.15, -0.1) is 11.3 Å². The van der Waals surface area contributed by atoms with Crippen LogP contribution in [0, 0.1) is 13.8 Å². The topological polar surface area (TPSA) is 50.2 Å². The summed E-state index contributed by atoms with van der Waals surface area (Å²) in [7, 11) is 0. The third-order valence-corrected chi connectivity index (χ3v) is 7.36. The number of hydrogen-bond acceptors (Lipinski definition) is 4. The fourth-order valence-electron chi connectivity index (χ4n) is 4.77. The van der Waals surface area contributed by atoms with E-state index in [1.54, 1.807) is 0 Å². The average Bonchev–Trinajstić information content (AvgIpc) is 3.34. The van der Waals surface area contributed by atoms with Gasteiger partial charge in [-0.2, -0.15) is 0 Å². The molecule has 4 rings (SSSR count). The molecule has 0 aromatic carbocycles. The molecule has 0 spiro atoms. The lowest BCUT2D eigenvalue weighted by Gasteiger charge is -2.39. The summed E-state index contributed by atoms with van der Waals surface area (Å²) in [4.78, 5) is 22.1. The van der Waals surface area contributed by atoms with Crippen LogP contribution in [0.3, 0.4) is 0 Å². The number of carbonyl (C=O) groups is 1. The quantitative estimate of drug-likeness (QED) is 0.561. The van der Waals surface area contributed by atoms with E-state index in [9.17, 15) is 4.79 Å². The summed E-state index contributed by atoms with van der Waals surface area (Å²) >= 11 is 1.49. The van der Waals surface area contributed by atoms with E-state index >= 15 is 0 Å². The second-order valence-electron chi connectivity index (χ2n) is 8.61. The van der Waals surface area contributed by atoms with Crippen LogP contribution < -0.4 is 5.32 Å². The summed E-state index contributed by atoms with van der Waals surface area (Å²) in [5, 5.41) is 4.24. The molecule has 3 aromatic heterocycles. The van der Waals surface area contributed by atoms with Crippen molar-refractivity contribution in [3.05, 3.63) is 46.7 Å². The Hall–Kier alpha value is -2.18. The van der Waals surface area contributed by atoms with Crippen LogP contribution in [-0.4, -0.2) is 45.5 Å². The maximum absolute atomic E-state index is 13.2. The second-order valence-corrected chi connectivity index (χ2v) is 9.61. The molecule has 6 heteroatoms. The molecule has 0 radical (unpaired) electrons. The molecule has 5 nitrogen and oxygen atoms in total. The van der Waals surface area contributed by atoms with Crippen LogP contribution in [0.4, 0.5) is 0 Å². The number of thiophene rings is 1. The molecule has 1 N–H and O–H groups in total. The van der Waals surface area contributed by atoms with Crippen molar-refractivity contribution in [1.29, 1.82) is 0 Å². The Bertz CT molecular complexity index is 1010. The SMILES string of the molecule is Cc1cc(C)c2c(-n3cccc3)c(C(=O)NCCCN3[C@@H](C)CCC[C@@H]3C)sc2n1. The number of aromatic nitrogens is 2. The van der Waals surface area contributed by atoms with Crippen molar-refractivity contribution in [3.8, 4) is 5.69 Å². The van der Waals surface area contributed by atoms with Crippen LogP contribution in [-0.2, 0) is 0 Å². The van der Waals surface area contributed by atoms with Gasteiger partial charge < -0.3 is 9.88 Å². The zero-order valence-corrected chi connectivity index (χ0v) is 19.3. The lowest BCUT2D eigenvalue weighted by Crippen LogP contribution is -2.44. The van der Waals surface area contributed by atoms with E-state index in [2.05, 4.69) is 37.1 Å². The van der Waals surface area contributed by atoms with E-state index in [0.29, 0.717) is 18.6 Å². The number of likely N-dealkylation sites (tertiary alicyclic amines) is 1. The standard InChI is InChI=1S/C24H32N4OS/c1-16-15-17(2)26-24-20(16)21(27-12-5-6-13-27)22(30-24)23(29)25-11-8-14-28-18(3)9-7-10-19(28)4/h5-6,12-13,15,18-19H,7-11,14H2,1-4H3,(H,25,29)/t18-,19-/m0/s1. The largest absolute Gasteiger partial charge is 0.351 e. The predicted molar refractivity (Wildman–Crippen MR) is 125 cm³/mol. The molecule has 1 saturated heterocycles. The number of amides is 1. The first-order valence-electron chi connectivity index (χ1n) is 11.0. The minimum absolute atomic E-state index is 0.00139. The molecule has 0 saturated carbocycles. The van der Waals surface area contributed by atoms with Gasteiger partial charge in [0.25, 0.3) is 5.91 Å². The summed E-state index contributed by atoms with van der Waals surface area (Å²) < 4.78 is 2.04. The van der Waals surface area contributed by atoms with Gasteiger partial charge in [-0.1, -0.05) is 6.42 Å². The number of piperidine rings is 1. The van der Waals surface area contributed by atoms with Crippen LogP contribution in [0.5, 0.6) is 0 Å². The first-order chi connectivity index (χ1) is 14.5. The summed E-state index contributed by atoms with van der Waals surface area (Å²) in [6.07, 6.45) is 8.86. The first-order valence-corrected chi connectivity index (χ1v) is 11.9. The molecular weight excluding hydrogens is 392 g/mol. The minimum atomic E-state index is -0.00139. The van der Waals surface area contributed by atoms with Crippen LogP contribution in [0.1, 0.15) is 60.5 Å². The number of aryl methyl sites for hydroxylation is 2. The summed E-state index contributed by atoms with van der Waals surface area (Å²) in [5.74, 6) is -0.00139. The van der Waals surface area contributed by atoms with Gasteiger partial charge in [0.05, 0.1) is 5.69 Å².